The molecule has 2 rings (SSSR count). The summed E-state index contributed by atoms with van der Waals surface area (Å²) in [7, 11) is 0. The van der Waals surface area contributed by atoms with Gasteiger partial charge in [0.2, 0.25) is 5.91 Å². The lowest BCUT2D eigenvalue weighted by Crippen LogP contribution is -2.54. The van der Waals surface area contributed by atoms with Crippen molar-refractivity contribution in [2.45, 2.75) is 32.5 Å². The highest BCUT2D eigenvalue weighted by Crippen LogP contribution is 2.18. The zero-order valence-corrected chi connectivity index (χ0v) is 11.9. The fourth-order valence-electron chi connectivity index (χ4n) is 1.97. The van der Waals surface area contributed by atoms with Gasteiger partial charge in [0.1, 0.15) is 16.7 Å². The average molecular weight is 285 g/mol. The minimum atomic E-state index is -0.294. The number of aromatic nitrogens is 2. The number of carbonyl (C=O) groups excluding carboxylic acids is 1. The first-order valence-electron chi connectivity index (χ1n) is 6.26. The van der Waals surface area contributed by atoms with Gasteiger partial charge in [-0.05, 0) is 13.8 Å². The van der Waals surface area contributed by atoms with Crippen LogP contribution in [0.5, 0.6) is 0 Å². The molecule has 8 heteroatoms. The van der Waals surface area contributed by atoms with E-state index in [1.54, 1.807) is 0 Å². The van der Waals surface area contributed by atoms with Gasteiger partial charge in [0.05, 0.1) is 13.2 Å². The van der Waals surface area contributed by atoms with Gasteiger partial charge in [-0.25, -0.2) is 0 Å². The Kier molecular flexibility index (Phi) is 4.67. The Morgan fingerprint density at radius 3 is 3.11 bits per heavy atom. The summed E-state index contributed by atoms with van der Waals surface area (Å²) in [6.45, 7) is 6.11. The van der Waals surface area contributed by atoms with Crippen molar-refractivity contribution in [1.29, 1.82) is 0 Å². The summed E-state index contributed by atoms with van der Waals surface area (Å²) in [6.07, 6.45) is 0. The highest BCUT2D eigenvalue weighted by atomic mass is 32.1. The summed E-state index contributed by atoms with van der Waals surface area (Å²) in [5, 5.41) is 7.51. The van der Waals surface area contributed by atoms with Crippen LogP contribution in [0.3, 0.4) is 0 Å². The third-order valence-electron chi connectivity index (χ3n) is 2.91. The first kappa shape index (κ1) is 14.2. The number of amides is 1. The van der Waals surface area contributed by atoms with Crippen molar-refractivity contribution in [3.63, 3.8) is 0 Å². The van der Waals surface area contributed by atoms with Crippen LogP contribution in [0.4, 0.5) is 5.00 Å². The van der Waals surface area contributed by atoms with Crippen molar-refractivity contribution in [2.75, 3.05) is 25.5 Å². The van der Waals surface area contributed by atoms with Gasteiger partial charge in [-0.1, -0.05) is 4.49 Å². The zero-order chi connectivity index (χ0) is 13.8. The van der Waals surface area contributed by atoms with Gasteiger partial charge in [0, 0.05) is 30.7 Å². The summed E-state index contributed by atoms with van der Waals surface area (Å²) < 4.78 is 9.21. The molecule has 1 aliphatic heterocycles. The summed E-state index contributed by atoms with van der Waals surface area (Å²) in [6, 6.07) is -0.181. The second-order valence-corrected chi connectivity index (χ2v) is 5.59. The van der Waals surface area contributed by atoms with Gasteiger partial charge >= 0.3 is 0 Å². The number of ether oxygens (including phenoxy) is 1. The largest absolute Gasteiger partial charge is 0.388 e. The van der Waals surface area contributed by atoms with Crippen molar-refractivity contribution in [3.05, 3.63) is 5.69 Å². The summed E-state index contributed by atoms with van der Waals surface area (Å²) in [4.78, 5) is 14.2. The van der Waals surface area contributed by atoms with Crippen LogP contribution in [-0.2, 0) is 16.1 Å². The molecule has 1 fully saturated rings. The van der Waals surface area contributed by atoms with E-state index >= 15 is 0 Å². The standard InChI is InChI=1S/C11H19N5O2S/c1-7(2)13-11(17)9-6-18-4-3-16(9)5-8-10(12)19-15-14-8/h7,9H,3-6,12H2,1-2H3,(H,13,17). The Labute approximate surface area is 116 Å². The second-order valence-electron chi connectivity index (χ2n) is 4.81. The number of nitrogens with two attached hydrogens (primary N) is 1. The Balaban J connectivity index is 2.03. The molecule has 1 atom stereocenters. The van der Waals surface area contributed by atoms with Crippen LogP contribution in [0.1, 0.15) is 19.5 Å². The molecular formula is C11H19N5O2S. The molecule has 0 aliphatic carbocycles. The number of hydrogen-bond acceptors (Lipinski definition) is 7. The van der Waals surface area contributed by atoms with Crippen molar-refractivity contribution in [2.24, 2.45) is 0 Å². The smallest absolute Gasteiger partial charge is 0.239 e. The van der Waals surface area contributed by atoms with Crippen LogP contribution in [-0.4, -0.2) is 52.2 Å². The monoisotopic (exact) mass is 285 g/mol. The van der Waals surface area contributed by atoms with Crippen LogP contribution in [0, 0.1) is 0 Å². The highest BCUT2D eigenvalue weighted by molar-refractivity contribution is 7.09. The van der Waals surface area contributed by atoms with Crippen LogP contribution < -0.4 is 11.1 Å². The Morgan fingerprint density at radius 1 is 1.68 bits per heavy atom. The number of hydrogen-bond donors (Lipinski definition) is 2. The molecule has 1 amide bonds. The number of nitrogens with one attached hydrogen (secondary N) is 1. The maximum Gasteiger partial charge on any atom is 0.239 e. The topological polar surface area (TPSA) is 93.4 Å². The summed E-state index contributed by atoms with van der Waals surface area (Å²) in [5.41, 5.74) is 6.53. The fraction of sp³-hybridized carbons (Fsp3) is 0.727. The second kappa shape index (κ2) is 6.27. The maximum absolute atomic E-state index is 12.1. The molecule has 1 saturated heterocycles. The normalized spacial score (nSPS) is 20.7. The van der Waals surface area contributed by atoms with Gasteiger partial charge in [-0.3, -0.25) is 9.69 Å². The van der Waals surface area contributed by atoms with Crippen molar-refractivity contribution < 1.29 is 9.53 Å². The van der Waals surface area contributed by atoms with Gasteiger partial charge in [-0.15, -0.1) is 5.10 Å². The molecule has 3 N–H and O–H groups in total. The first-order chi connectivity index (χ1) is 9.08. The molecule has 1 unspecified atom stereocenters. The third-order valence-corrected chi connectivity index (χ3v) is 3.51. The molecule has 0 spiro atoms. The molecule has 0 radical (unpaired) electrons. The molecule has 2 heterocycles. The lowest BCUT2D eigenvalue weighted by atomic mass is 10.2. The van der Waals surface area contributed by atoms with E-state index in [4.69, 9.17) is 10.5 Å². The van der Waals surface area contributed by atoms with Crippen LogP contribution >= 0.6 is 11.5 Å². The van der Waals surface area contributed by atoms with Crippen molar-refractivity contribution in [1.82, 2.24) is 19.8 Å². The summed E-state index contributed by atoms with van der Waals surface area (Å²) >= 11 is 1.17. The minimum Gasteiger partial charge on any atom is -0.388 e. The van der Waals surface area contributed by atoms with E-state index in [-0.39, 0.29) is 18.0 Å². The van der Waals surface area contributed by atoms with E-state index in [2.05, 4.69) is 14.9 Å². The highest BCUT2D eigenvalue weighted by Gasteiger charge is 2.30. The van der Waals surface area contributed by atoms with E-state index in [0.29, 0.717) is 31.3 Å². The summed E-state index contributed by atoms with van der Waals surface area (Å²) in [5.74, 6) is -0.0172. The Hall–Kier alpha value is -1.25. The van der Waals surface area contributed by atoms with Crippen molar-refractivity contribution in [3.8, 4) is 0 Å². The van der Waals surface area contributed by atoms with Crippen molar-refractivity contribution >= 4 is 22.4 Å². The van der Waals surface area contributed by atoms with Gasteiger partial charge in [0.25, 0.3) is 0 Å². The van der Waals surface area contributed by atoms with Gasteiger partial charge < -0.3 is 15.8 Å². The molecule has 1 aromatic rings. The molecule has 19 heavy (non-hydrogen) atoms. The maximum atomic E-state index is 12.1. The molecular weight excluding hydrogens is 266 g/mol. The Bertz CT molecular complexity index is 436. The van der Waals surface area contributed by atoms with E-state index in [1.165, 1.54) is 11.5 Å². The fourth-order valence-corrected chi connectivity index (χ4v) is 2.41. The predicted molar refractivity (Wildman–Crippen MR) is 72.6 cm³/mol. The molecule has 1 aliphatic rings. The van der Waals surface area contributed by atoms with E-state index in [1.807, 2.05) is 18.7 Å². The lowest BCUT2D eigenvalue weighted by molar-refractivity contribution is -0.133. The zero-order valence-electron chi connectivity index (χ0n) is 11.1. The molecule has 0 saturated carbocycles. The molecule has 0 aromatic carbocycles. The van der Waals surface area contributed by atoms with E-state index in [0.717, 1.165) is 5.69 Å². The minimum absolute atomic E-state index is 0.0172. The Morgan fingerprint density at radius 2 is 2.47 bits per heavy atom. The molecule has 106 valence electrons. The third kappa shape index (κ3) is 3.62. The van der Waals surface area contributed by atoms with Gasteiger partial charge in [0.15, 0.2) is 0 Å². The average Bonchev–Trinajstić information content (AvgIpc) is 2.75. The number of morpholine rings is 1. The molecule has 0 bridgehead atoms. The number of nitrogen functional groups attached to an aromatic ring is 1. The van der Waals surface area contributed by atoms with Gasteiger partial charge in [-0.2, -0.15) is 0 Å². The molecule has 1 aromatic heterocycles. The number of carbonyl (C=O) groups is 1. The SMILES string of the molecule is CC(C)NC(=O)C1COCCN1Cc1nnsc1N. The quantitative estimate of drug-likeness (QED) is 0.799. The molecule has 7 nitrogen and oxygen atoms in total. The van der Waals surface area contributed by atoms with E-state index < -0.39 is 0 Å². The van der Waals surface area contributed by atoms with E-state index in [9.17, 15) is 4.79 Å². The number of rotatable bonds is 4. The predicted octanol–water partition coefficient (Wildman–Crippen LogP) is -0.154. The van der Waals surface area contributed by atoms with Crippen LogP contribution in [0.25, 0.3) is 0 Å². The van der Waals surface area contributed by atoms with Crippen LogP contribution in [0.15, 0.2) is 0 Å². The number of nitrogens with zero attached hydrogens (tertiary/aromatic N) is 3. The lowest BCUT2D eigenvalue weighted by Gasteiger charge is -2.34. The number of anilines is 1. The first-order valence-corrected chi connectivity index (χ1v) is 7.04. The van der Waals surface area contributed by atoms with Crippen LogP contribution in [0.2, 0.25) is 0 Å².